The Kier molecular flexibility index (Phi) is 8.18. The van der Waals surface area contributed by atoms with Crippen molar-refractivity contribution in [1.29, 1.82) is 0 Å². The molecule has 5 rings (SSSR count). The molecule has 0 aliphatic carbocycles. The highest BCUT2D eigenvalue weighted by atomic mass is 19.4. The number of methoxy groups -OCH3 is 2. The van der Waals surface area contributed by atoms with Crippen LogP contribution in [0.15, 0.2) is 42.5 Å². The molecule has 2 aromatic carbocycles. The van der Waals surface area contributed by atoms with Crippen molar-refractivity contribution in [3.63, 3.8) is 0 Å². The Balaban J connectivity index is 1.36. The minimum absolute atomic E-state index is 0.107. The summed E-state index contributed by atoms with van der Waals surface area (Å²) in [4.78, 5) is 29.0. The molecule has 3 aliphatic rings. The third-order valence-corrected chi connectivity index (χ3v) is 8.80. The summed E-state index contributed by atoms with van der Waals surface area (Å²) in [5.74, 6) is -1.47. The van der Waals surface area contributed by atoms with Crippen LogP contribution >= 0.6 is 0 Å². The van der Waals surface area contributed by atoms with E-state index in [2.05, 4.69) is 5.32 Å². The van der Waals surface area contributed by atoms with Crippen molar-refractivity contribution in [1.82, 2.24) is 10.2 Å². The molecule has 0 saturated carbocycles. The highest BCUT2D eigenvalue weighted by Crippen LogP contribution is 2.42. The van der Waals surface area contributed by atoms with Crippen LogP contribution in [0.25, 0.3) is 0 Å². The number of hydrogen-bond donors (Lipinski definition) is 1. The lowest BCUT2D eigenvalue weighted by Gasteiger charge is -2.35. The lowest BCUT2D eigenvalue weighted by Crippen LogP contribution is -2.49. The first kappa shape index (κ1) is 29.2. The number of benzene rings is 2. The second kappa shape index (κ2) is 11.5. The van der Waals surface area contributed by atoms with Gasteiger partial charge in [-0.25, -0.2) is 4.39 Å². The zero-order valence-electron chi connectivity index (χ0n) is 23.2. The molecule has 3 atom stereocenters. The molecular formula is C30H35F4N3O4. The van der Waals surface area contributed by atoms with Gasteiger partial charge in [0, 0.05) is 56.8 Å². The van der Waals surface area contributed by atoms with Gasteiger partial charge < -0.3 is 24.6 Å². The van der Waals surface area contributed by atoms with Crippen LogP contribution in [0.3, 0.4) is 0 Å². The molecule has 1 N–H and O–H groups in total. The van der Waals surface area contributed by atoms with Crippen molar-refractivity contribution in [3.8, 4) is 5.75 Å². The Morgan fingerprint density at radius 2 is 1.71 bits per heavy atom. The number of likely N-dealkylation sites (tertiary alicyclic amines) is 1. The molecule has 11 heteroatoms. The molecule has 0 aromatic heterocycles. The fourth-order valence-electron chi connectivity index (χ4n) is 6.45. The van der Waals surface area contributed by atoms with Gasteiger partial charge in [-0.1, -0.05) is 18.2 Å². The van der Waals surface area contributed by atoms with Gasteiger partial charge in [-0.2, -0.15) is 13.2 Å². The van der Waals surface area contributed by atoms with Gasteiger partial charge in [-0.05, 0) is 54.7 Å². The first-order chi connectivity index (χ1) is 19.5. The number of anilines is 1. The smallest absolute Gasteiger partial charge is 0.416 e. The Hall–Kier alpha value is -3.34. The number of esters is 1. The van der Waals surface area contributed by atoms with Gasteiger partial charge in [0.1, 0.15) is 5.75 Å². The quantitative estimate of drug-likeness (QED) is 0.403. The van der Waals surface area contributed by atoms with Crippen LogP contribution in [0.2, 0.25) is 0 Å². The first-order valence-electron chi connectivity index (χ1n) is 13.9. The Morgan fingerprint density at radius 1 is 1.00 bits per heavy atom. The van der Waals surface area contributed by atoms with Crippen molar-refractivity contribution in [2.75, 3.05) is 58.4 Å². The number of amides is 1. The minimum atomic E-state index is -4.51. The summed E-state index contributed by atoms with van der Waals surface area (Å²) < 4.78 is 67.5. The van der Waals surface area contributed by atoms with Gasteiger partial charge in [0.2, 0.25) is 5.67 Å². The molecular weight excluding hydrogens is 542 g/mol. The van der Waals surface area contributed by atoms with Crippen molar-refractivity contribution >= 4 is 17.6 Å². The first-order valence-corrected chi connectivity index (χ1v) is 13.9. The van der Waals surface area contributed by atoms with E-state index in [9.17, 15) is 22.8 Å². The number of carbonyl (C=O) groups is 2. The third-order valence-electron chi connectivity index (χ3n) is 8.80. The highest BCUT2D eigenvalue weighted by molar-refractivity contribution is 5.88. The molecule has 2 aromatic rings. The molecule has 41 heavy (non-hydrogen) atoms. The Morgan fingerprint density at radius 3 is 2.34 bits per heavy atom. The zero-order chi connectivity index (χ0) is 29.4. The number of halogens is 4. The normalized spacial score (nSPS) is 25.4. The summed E-state index contributed by atoms with van der Waals surface area (Å²) in [5.41, 5.74) is -1.03. The second-order valence-corrected chi connectivity index (χ2v) is 11.1. The number of piperidine rings is 1. The molecule has 0 spiro atoms. The predicted octanol–water partition coefficient (Wildman–Crippen LogP) is 4.51. The average Bonchev–Trinajstić information content (AvgIpc) is 3.63. The molecule has 3 heterocycles. The monoisotopic (exact) mass is 577 g/mol. The molecule has 3 aliphatic heterocycles. The van der Waals surface area contributed by atoms with Crippen LogP contribution < -0.4 is 15.0 Å². The van der Waals surface area contributed by atoms with Crippen LogP contribution in [-0.4, -0.2) is 75.9 Å². The lowest BCUT2D eigenvalue weighted by molar-refractivity contribution is -0.146. The third kappa shape index (κ3) is 5.73. The van der Waals surface area contributed by atoms with Gasteiger partial charge in [0.05, 0.1) is 25.7 Å². The SMILES string of the molecule is COC(=O)C1CCN(c2cc(C(F)(F)F)ccc2C2CCN(C(=O)[C@]3(F)CNC[C@H]3c3ccc(OC)cc3)C2)CC1. The Labute approximate surface area is 236 Å². The number of nitrogens with one attached hydrogen (secondary N) is 1. The van der Waals surface area contributed by atoms with Gasteiger partial charge in [0.15, 0.2) is 0 Å². The number of ether oxygens (including phenoxy) is 2. The van der Waals surface area contributed by atoms with E-state index >= 15 is 4.39 Å². The fourth-order valence-corrected chi connectivity index (χ4v) is 6.45. The molecule has 222 valence electrons. The van der Waals surface area contributed by atoms with Gasteiger partial charge in [0.25, 0.3) is 5.91 Å². The number of rotatable bonds is 6. The van der Waals surface area contributed by atoms with E-state index in [0.29, 0.717) is 68.0 Å². The van der Waals surface area contributed by atoms with E-state index in [-0.39, 0.29) is 30.9 Å². The summed E-state index contributed by atoms with van der Waals surface area (Å²) in [6, 6.07) is 10.7. The molecule has 0 radical (unpaired) electrons. The van der Waals surface area contributed by atoms with Crippen LogP contribution in [-0.2, 0) is 20.5 Å². The summed E-state index contributed by atoms with van der Waals surface area (Å²) in [5, 5.41) is 3.03. The maximum atomic E-state index is 16.4. The minimum Gasteiger partial charge on any atom is -0.497 e. The molecule has 0 bridgehead atoms. The van der Waals surface area contributed by atoms with Crippen molar-refractivity contribution in [2.45, 2.75) is 42.9 Å². The zero-order valence-corrected chi connectivity index (χ0v) is 23.2. The summed E-state index contributed by atoms with van der Waals surface area (Å²) in [6.07, 6.45) is -3.05. The lowest BCUT2D eigenvalue weighted by atomic mass is 9.85. The number of carbonyl (C=O) groups excluding carboxylic acids is 2. The summed E-state index contributed by atoms with van der Waals surface area (Å²) >= 11 is 0. The number of hydrogen-bond acceptors (Lipinski definition) is 6. The number of alkyl halides is 4. The maximum absolute atomic E-state index is 16.4. The molecule has 3 fully saturated rings. The summed E-state index contributed by atoms with van der Waals surface area (Å²) in [6.45, 7) is 1.56. The molecule has 1 amide bonds. The largest absolute Gasteiger partial charge is 0.497 e. The highest BCUT2D eigenvalue weighted by Gasteiger charge is 2.53. The summed E-state index contributed by atoms with van der Waals surface area (Å²) in [7, 11) is 2.88. The van der Waals surface area contributed by atoms with Crippen molar-refractivity contribution in [2.24, 2.45) is 5.92 Å². The van der Waals surface area contributed by atoms with Gasteiger partial charge in [-0.3, -0.25) is 9.59 Å². The predicted molar refractivity (Wildman–Crippen MR) is 145 cm³/mol. The van der Waals surface area contributed by atoms with Crippen LogP contribution in [0.1, 0.15) is 47.8 Å². The average molecular weight is 578 g/mol. The van der Waals surface area contributed by atoms with E-state index < -0.39 is 29.2 Å². The van der Waals surface area contributed by atoms with Crippen LogP contribution in [0.5, 0.6) is 5.75 Å². The van der Waals surface area contributed by atoms with E-state index in [4.69, 9.17) is 9.47 Å². The fraction of sp³-hybridized carbons (Fsp3) is 0.533. The van der Waals surface area contributed by atoms with Gasteiger partial charge in [-0.15, -0.1) is 0 Å². The van der Waals surface area contributed by atoms with E-state index in [1.165, 1.54) is 18.1 Å². The van der Waals surface area contributed by atoms with Crippen LogP contribution in [0, 0.1) is 5.92 Å². The van der Waals surface area contributed by atoms with E-state index in [1.54, 1.807) is 31.4 Å². The topological polar surface area (TPSA) is 71.1 Å². The maximum Gasteiger partial charge on any atom is 0.416 e. The van der Waals surface area contributed by atoms with Gasteiger partial charge >= 0.3 is 12.1 Å². The van der Waals surface area contributed by atoms with Crippen molar-refractivity contribution < 1.29 is 36.6 Å². The van der Waals surface area contributed by atoms with E-state index in [0.717, 1.165) is 12.1 Å². The van der Waals surface area contributed by atoms with Crippen molar-refractivity contribution in [3.05, 3.63) is 59.2 Å². The molecule has 3 saturated heterocycles. The second-order valence-electron chi connectivity index (χ2n) is 11.1. The van der Waals surface area contributed by atoms with E-state index in [1.807, 2.05) is 4.90 Å². The van der Waals surface area contributed by atoms with Crippen LogP contribution in [0.4, 0.5) is 23.2 Å². The number of nitrogens with zero attached hydrogens (tertiary/aromatic N) is 2. The molecule has 1 unspecified atom stereocenters. The molecule has 7 nitrogen and oxygen atoms in total. The standard InChI is InChI=1S/C30H35F4N3O4/c1-40-23-6-3-19(4-7-23)25-16-35-18-29(25,31)28(39)37-14-11-21(17-37)24-8-5-22(30(32,33)34)15-26(24)36-12-9-20(10-13-36)27(38)41-2/h3-8,15,20-21,25,35H,9-14,16-18H2,1-2H3/t21?,25-,29-/m0/s1. The Bertz CT molecular complexity index is 1260.